The first-order valence-corrected chi connectivity index (χ1v) is 10.6. The number of rotatable bonds is 7. The number of amides is 1. The minimum atomic E-state index is -3.50. The Labute approximate surface area is 144 Å². The van der Waals surface area contributed by atoms with Crippen LogP contribution in [0.3, 0.4) is 0 Å². The average molecular weight is 356 g/mol. The molecule has 6 nitrogen and oxygen atoms in total. The molecule has 2 bridgehead atoms. The second kappa shape index (κ2) is 6.09. The summed E-state index contributed by atoms with van der Waals surface area (Å²) < 4.78 is 27.7. The molecule has 24 heavy (non-hydrogen) atoms. The van der Waals surface area contributed by atoms with E-state index in [1.165, 1.54) is 0 Å². The summed E-state index contributed by atoms with van der Waals surface area (Å²) in [6.07, 6.45) is 4.27. The van der Waals surface area contributed by atoms with Gasteiger partial charge in [0, 0.05) is 37.9 Å². The van der Waals surface area contributed by atoms with Crippen LogP contribution in [-0.2, 0) is 19.6 Å². The molecule has 0 aromatic heterocycles. The van der Waals surface area contributed by atoms with Crippen LogP contribution in [0, 0.1) is 16.7 Å². The second-order valence-corrected chi connectivity index (χ2v) is 9.96. The van der Waals surface area contributed by atoms with Crippen LogP contribution in [0.5, 0.6) is 0 Å². The van der Waals surface area contributed by atoms with Crippen LogP contribution >= 0.6 is 0 Å². The van der Waals surface area contributed by atoms with Gasteiger partial charge in [0.05, 0.1) is 5.75 Å². The Morgan fingerprint density at radius 1 is 1.29 bits per heavy atom. The zero-order chi connectivity index (χ0) is 17.6. The Morgan fingerprint density at radius 2 is 2.04 bits per heavy atom. The summed E-state index contributed by atoms with van der Waals surface area (Å²) in [6, 6.07) is 0. The Morgan fingerprint density at radius 3 is 2.58 bits per heavy atom. The highest BCUT2D eigenvalue weighted by molar-refractivity contribution is 7.89. The van der Waals surface area contributed by atoms with Crippen molar-refractivity contribution in [2.45, 2.75) is 52.4 Å². The molecule has 2 atom stereocenters. The summed E-state index contributed by atoms with van der Waals surface area (Å²) in [5.74, 6) is 0.510. The first-order valence-electron chi connectivity index (χ1n) is 8.96. The molecule has 1 amide bonds. The lowest BCUT2D eigenvalue weighted by atomic mass is 9.70. The molecular formula is C17H28N2O4S. The Kier molecular flexibility index (Phi) is 4.53. The zero-order valence-electron chi connectivity index (χ0n) is 14.6. The van der Waals surface area contributed by atoms with Crippen molar-refractivity contribution in [2.75, 3.05) is 25.4 Å². The lowest BCUT2D eigenvalue weighted by Crippen LogP contribution is -2.45. The minimum absolute atomic E-state index is 0.0923. The number of likely N-dealkylation sites (tertiary alicyclic amines) is 1. The van der Waals surface area contributed by atoms with Gasteiger partial charge in [0.2, 0.25) is 15.9 Å². The number of nitrogens with zero attached hydrogens (tertiary/aromatic N) is 1. The van der Waals surface area contributed by atoms with Gasteiger partial charge in [-0.1, -0.05) is 13.8 Å². The lowest BCUT2D eigenvalue weighted by Gasteiger charge is -2.36. The Bertz CT molecular complexity index is 643. The van der Waals surface area contributed by atoms with Gasteiger partial charge in [0.1, 0.15) is 5.78 Å². The van der Waals surface area contributed by atoms with Crippen LogP contribution in [0.4, 0.5) is 0 Å². The van der Waals surface area contributed by atoms with Crippen LogP contribution in [0.2, 0.25) is 0 Å². The molecule has 0 spiro atoms. The van der Waals surface area contributed by atoms with Crippen LogP contribution in [-0.4, -0.2) is 50.4 Å². The average Bonchev–Trinajstić information content (AvgIpc) is 3.05. The van der Waals surface area contributed by atoms with Gasteiger partial charge in [0.15, 0.2) is 0 Å². The molecule has 7 heteroatoms. The number of Topliss-reactive ketones (excluding diaryl/α,β-unsaturated/α-hetero) is 1. The van der Waals surface area contributed by atoms with Gasteiger partial charge in [0.25, 0.3) is 0 Å². The first kappa shape index (κ1) is 17.9. The van der Waals surface area contributed by atoms with Gasteiger partial charge >= 0.3 is 0 Å². The largest absolute Gasteiger partial charge is 0.343 e. The molecule has 136 valence electrons. The molecule has 0 aromatic rings. The fraction of sp³-hybridized carbons (Fsp3) is 0.882. The summed E-state index contributed by atoms with van der Waals surface area (Å²) in [5, 5.41) is 0. The van der Waals surface area contributed by atoms with Crippen LogP contribution < -0.4 is 4.72 Å². The molecule has 3 aliphatic rings. The van der Waals surface area contributed by atoms with Gasteiger partial charge in [-0.25, -0.2) is 13.1 Å². The van der Waals surface area contributed by atoms with E-state index in [0.29, 0.717) is 44.7 Å². The normalized spacial score (nSPS) is 32.1. The molecule has 1 aliphatic heterocycles. The number of hydrogen-bond donors (Lipinski definition) is 1. The highest BCUT2D eigenvalue weighted by Gasteiger charge is 2.65. The van der Waals surface area contributed by atoms with Crippen molar-refractivity contribution in [2.24, 2.45) is 16.7 Å². The molecule has 1 heterocycles. The van der Waals surface area contributed by atoms with Crippen molar-refractivity contribution in [1.29, 1.82) is 0 Å². The SMILES string of the molecule is CC1(C)[C@H]2CC[C@@]1(CS(=O)(=O)NCCCN1CCCC1=O)C(=O)C2. The van der Waals surface area contributed by atoms with Crippen molar-refractivity contribution >= 4 is 21.7 Å². The van der Waals surface area contributed by atoms with E-state index in [1.807, 2.05) is 13.8 Å². The maximum absolute atomic E-state index is 12.5. The topological polar surface area (TPSA) is 83.6 Å². The number of hydrogen-bond acceptors (Lipinski definition) is 4. The standard InChI is InChI=1S/C17H28N2O4S/c1-16(2)13-6-7-17(16,14(20)11-13)12-24(22,23)18-8-4-10-19-9-3-5-15(19)21/h13,18H,3-12H2,1-2H3/t13-,17+/m0/s1. The Hall–Kier alpha value is -0.950. The van der Waals surface area contributed by atoms with E-state index in [0.717, 1.165) is 19.4 Å². The van der Waals surface area contributed by atoms with Gasteiger partial charge in [-0.2, -0.15) is 0 Å². The lowest BCUT2D eigenvalue weighted by molar-refractivity contribution is -0.128. The molecule has 1 N–H and O–H groups in total. The third-order valence-electron chi connectivity index (χ3n) is 6.67. The van der Waals surface area contributed by atoms with Crippen molar-refractivity contribution in [1.82, 2.24) is 9.62 Å². The summed E-state index contributed by atoms with van der Waals surface area (Å²) in [4.78, 5) is 25.8. The molecule has 1 saturated heterocycles. The fourth-order valence-corrected chi connectivity index (χ4v) is 6.81. The fourth-order valence-electron chi connectivity index (χ4n) is 4.92. The first-order chi connectivity index (χ1) is 11.2. The Balaban J connectivity index is 1.54. The number of carbonyl (C=O) groups is 2. The number of sulfonamides is 1. The molecular weight excluding hydrogens is 328 g/mol. The zero-order valence-corrected chi connectivity index (χ0v) is 15.5. The van der Waals surface area contributed by atoms with Gasteiger partial charge < -0.3 is 4.90 Å². The number of ketones is 1. The maximum Gasteiger partial charge on any atom is 0.222 e. The van der Waals surface area contributed by atoms with Crippen LogP contribution in [0.15, 0.2) is 0 Å². The van der Waals surface area contributed by atoms with E-state index in [4.69, 9.17) is 0 Å². The van der Waals surface area contributed by atoms with Crippen molar-refractivity contribution in [3.63, 3.8) is 0 Å². The minimum Gasteiger partial charge on any atom is -0.343 e. The van der Waals surface area contributed by atoms with Crippen LogP contribution in [0.1, 0.15) is 52.4 Å². The molecule has 0 radical (unpaired) electrons. The third-order valence-corrected chi connectivity index (χ3v) is 8.19. The van der Waals surface area contributed by atoms with Gasteiger partial charge in [-0.3, -0.25) is 9.59 Å². The third kappa shape index (κ3) is 2.90. The molecule has 3 rings (SSSR count). The highest BCUT2D eigenvalue weighted by Crippen LogP contribution is 2.64. The van der Waals surface area contributed by atoms with E-state index in [9.17, 15) is 18.0 Å². The quantitative estimate of drug-likeness (QED) is 0.697. The summed E-state index contributed by atoms with van der Waals surface area (Å²) in [7, 11) is -3.50. The van der Waals surface area contributed by atoms with Crippen molar-refractivity contribution in [3.8, 4) is 0 Å². The van der Waals surface area contributed by atoms with Gasteiger partial charge in [-0.05, 0) is 37.0 Å². The maximum atomic E-state index is 12.5. The van der Waals surface area contributed by atoms with E-state index < -0.39 is 15.4 Å². The summed E-state index contributed by atoms with van der Waals surface area (Å²) in [5.41, 5.74) is -0.949. The van der Waals surface area contributed by atoms with E-state index in [-0.39, 0.29) is 22.9 Å². The smallest absolute Gasteiger partial charge is 0.222 e. The van der Waals surface area contributed by atoms with Gasteiger partial charge in [-0.15, -0.1) is 0 Å². The number of nitrogens with one attached hydrogen (secondary N) is 1. The monoisotopic (exact) mass is 356 g/mol. The number of fused-ring (bicyclic) bond motifs is 2. The molecule has 0 unspecified atom stereocenters. The predicted octanol–water partition coefficient (Wildman–Crippen LogP) is 1.31. The molecule has 2 aliphatic carbocycles. The second-order valence-electron chi connectivity index (χ2n) is 8.16. The summed E-state index contributed by atoms with van der Waals surface area (Å²) in [6.45, 7) is 5.78. The molecule has 3 fully saturated rings. The van der Waals surface area contributed by atoms with E-state index in [2.05, 4.69) is 4.72 Å². The van der Waals surface area contributed by atoms with E-state index in [1.54, 1.807) is 4.90 Å². The number of carbonyl (C=O) groups excluding carboxylic acids is 2. The molecule has 2 saturated carbocycles. The van der Waals surface area contributed by atoms with E-state index >= 15 is 0 Å². The molecule has 0 aromatic carbocycles. The summed E-state index contributed by atoms with van der Waals surface area (Å²) >= 11 is 0. The predicted molar refractivity (Wildman–Crippen MR) is 90.8 cm³/mol. The van der Waals surface area contributed by atoms with Crippen molar-refractivity contribution in [3.05, 3.63) is 0 Å². The van der Waals surface area contributed by atoms with Crippen molar-refractivity contribution < 1.29 is 18.0 Å². The highest BCUT2D eigenvalue weighted by atomic mass is 32.2. The van der Waals surface area contributed by atoms with Crippen LogP contribution in [0.25, 0.3) is 0 Å².